The number of Topliss-reactive ketones (excluding diaryl/α,β-unsaturated/α-hetero) is 1. The van der Waals surface area contributed by atoms with Crippen molar-refractivity contribution in [2.24, 2.45) is 0 Å². The van der Waals surface area contributed by atoms with Crippen molar-refractivity contribution in [3.63, 3.8) is 0 Å². The first-order chi connectivity index (χ1) is 12.1. The molecule has 1 aliphatic carbocycles. The van der Waals surface area contributed by atoms with Crippen LogP contribution in [0.4, 0.5) is 5.95 Å². The molecule has 25 heavy (non-hydrogen) atoms. The third kappa shape index (κ3) is 2.78. The van der Waals surface area contributed by atoms with Crippen LogP contribution in [0.2, 0.25) is 0 Å². The van der Waals surface area contributed by atoms with E-state index in [2.05, 4.69) is 27.1 Å². The Morgan fingerprint density at radius 2 is 1.84 bits per heavy atom. The number of aryl methyl sites for hydroxylation is 1. The van der Waals surface area contributed by atoms with Crippen LogP contribution in [0.1, 0.15) is 39.6 Å². The van der Waals surface area contributed by atoms with Crippen molar-refractivity contribution in [3.8, 4) is 11.3 Å². The molecule has 4 rings (SSSR count). The lowest BCUT2D eigenvalue weighted by atomic mass is 9.79. The van der Waals surface area contributed by atoms with Crippen LogP contribution in [0.15, 0.2) is 48.7 Å². The number of aromatic nitrogens is 3. The summed E-state index contributed by atoms with van der Waals surface area (Å²) in [5.74, 6) is 0.370. The van der Waals surface area contributed by atoms with E-state index in [0.29, 0.717) is 24.1 Å². The number of benzene rings is 1. The molecule has 2 aromatic heterocycles. The van der Waals surface area contributed by atoms with E-state index in [1.165, 1.54) is 0 Å². The summed E-state index contributed by atoms with van der Waals surface area (Å²) in [6, 6.07) is 14.0. The summed E-state index contributed by atoms with van der Waals surface area (Å²) in [6.45, 7) is 1.82. The van der Waals surface area contributed by atoms with Crippen LogP contribution >= 0.6 is 0 Å². The van der Waals surface area contributed by atoms with Gasteiger partial charge in [0.15, 0.2) is 5.78 Å². The zero-order chi connectivity index (χ0) is 17.4. The third-order valence-electron chi connectivity index (χ3n) is 4.67. The first-order valence-corrected chi connectivity index (χ1v) is 8.30. The molecule has 0 aliphatic heterocycles. The highest BCUT2D eigenvalue weighted by molar-refractivity contribution is 6.00. The molecular weight excluding hydrogens is 312 g/mol. The van der Waals surface area contributed by atoms with E-state index < -0.39 is 0 Å². The van der Waals surface area contributed by atoms with Gasteiger partial charge < -0.3 is 5.73 Å². The molecule has 124 valence electrons. The first-order valence-electron chi connectivity index (χ1n) is 8.30. The number of ketones is 1. The Morgan fingerprint density at radius 3 is 2.64 bits per heavy atom. The van der Waals surface area contributed by atoms with Gasteiger partial charge in [-0.2, -0.15) is 0 Å². The number of fused-ring (bicyclic) bond motifs is 1. The van der Waals surface area contributed by atoms with Crippen molar-refractivity contribution in [2.45, 2.75) is 25.7 Å². The van der Waals surface area contributed by atoms with Crippen LogP contribution in [0.5, 0.6) is 0 Å². The number of carbonyl (C=O) groups is 1. The summed E-state index contributed by atoms with van der Waals surface area (Å²) in [6.07, 6.45) is 2.91. The van der Waals surface area contributed by atoms with Crippen LogP contribution < -0.4 is 5.73 Å². The second kappa shape index (κ2) is 6.09. The van der Waals surface area contributed by atoms with Crippen LogP contribution in [-0.2, 0) is 6.42 Å². The van der Waals surface area contributed by atoms with Gasteiger partial charge >= 0.3 is 0 Å². The molecule has 2 N–H and O–H groups in total. The van der Waals surface area contributed by atoms with Gasteiger partial charge in [-0.1, -0.05) is 30.3 Å². The maximum absolute atomic E-state index is 12.7. The van der Waals surface area contributed by atoms with Crippen LogP contribution in [0.3, 0.4) is 0 Å². The Morgan fingerprint density at radius 1 is 1.04 bits per heavy atom. The standard InChI is InChI=1S/C20H18N4O/c1-12-19-17(24-20(21)23-12)10-13(11-18(19)25)14-6-2-3-7-15(14)16-8-4-5-9-22-16/h2-9,13H,10-11H2,1H3,(H2,21,23,24). The fourth-order valence-electron chi connectivity index (χ4n) is 3.63. The van der Waals surface area contributed by atoms with Crippen LogP contribution in [0.25, 0.3) is 11.3 Å². The molecule has 1 atom stereocenters. The molecule has 0 fully saturated rings. The predicted octanol–water partition coefficient (Wildman–Crippen LogP) is 3.34. The second-order valence-corrected chi connectivity index (χ2v) is 6.32. The average molecular weight is 330 g/mol. The molecule has 0 bridgehead atoms. The number of rotatable bonds is 2. The quantitative estimate of drug-likeness (QED) is 0.779. The summed E-state index contributed by atoms with van der Waals surface area (Å²) in [5.41, 5.74) is 10.9. The minimum Gasteiger partial charge on any atom is -0.368 e. The molecule has 5 nitrogen and oxygen atoms in total. The zero-order valence-corrected chi connectivity index (χ0v) is 13.9. The number of hydrogen-bond acceptors (Lipinski definition) is 5. The van der Waals surface area contributed by atoms with Gasteiger partial charge in [0, 0.05) is 18.2 Å². The molecule has 0 amide bonds. The fraction of sp³-hybridized carbons (Fsp3) is 0.200. The van der Waals surface area contributed by atoms with Crippen molar-refractivity contribution in [2.75, 3.05) is 5.73 Å². The highest BCUT2D eigenvalue weighted by atomic mass is 16.1. The Balaban J connectivity index is 1.79. The van der Waals surface area contributed by atoms with Gasteiger partial charge in [0.1, 0.15) is 0 Å². The van der Waals surface area contributed by atoms with Gasteiger partial charge in [-0.25, -0.2) is 9.97 Å². The highest BCUT2D eigenvalue weighted by Crippen LogP contribution is 2.37. The second-order valence-electron chi connectivity index (χ2n) is 6.32. The zero-order valence-electron chi connectivity index (χ0n) is 13.9. The topological polar surface area (TPSA) is 81.8 Å². The van der Waals surface area contributed by atoms with Gasteiger partial charge in [0.25, 0.3) is 0 Å². The van der Waals surface area contributed by atoms with Gasteiger partial charge in [-0.05, 0) is 37.0 Å². The Labute approximate surface area is 146 Å². The molecule has 1 aliphatic rings. The Kier molecular flexibility index (Phi) is 3.76. The highest BCUT2D eigenvalue weighted by Gasteiger charge is 2.30. The largest absolute Gasteiger partial charge is 0.368 e. The number of nitrogens with zero attached hydrogens (tertiary/aromatic N) is 3. The van der Waals surface area contributed by atoms with Crippen molar-refractivity contribution >= 4 is 11.7 Å². The lowest BCUT2D eigenvalue weighted by Gasteiger charge is -2.25. The van der Waals surface area contributed by atoms with E-state index in [1.54, 1.807) is 6.20 Å². The summed E-state index contributed by atoms with van der Waals surface area (Å²) in [5, 5.41) is 0. The maximum atomic E-state index is 12.7. The molecule has 2 heterocycles. The number of nitrogens with two attached hydrogens (primary N) is 1. The number of carbonyl (C=O) groups excluding carboxylic acids is 1. The van der Waals surface area contributed by atoms with E-state index in [1.807, 2.05) is 37.3 Å². The average Bonchev–Trinajstić information content (AvgIpc) is 2.61. The molecular formula is C20H18N4O. The first kappa shape index (κ1) is 15.4. The molecule has 0 radical (unpaired) electrons. The molecule has 3 aromatic rings. The maximum Gasteiger partial charge on any atom is 0.220 e. The van der Waals surface area contributed by atoms with Crippen molar-refractivity contribution in [1.29, 1.82) is 0 Å². The number of pyridine rings is 1. The molecule has 0 saturated carbocycles. The Hall–Kier alpha value is -3.08. The number of hydrogen-bond donors (Lipinski definition) is 1. The van der Waals surface area contributed by atoms with Gasteiger partial charge in [-0.15, -0.1) is 0 Å². The molecule has 1 unspecified atom stereocenters. The summed E-state index contributed by atoms with van der Waals surface area (Å²) in [4.78, 5) is 25.6. The fourth-order valence-corrected chi connectivity index (χ4v) is 3.63. The predicted molar refractivity (Wildman–Crippen MR) is 96.2 cm³/mol. The van der Waals surface area contributed by atoms with Crippen LogP contribution in [0, 0.1) is 6.92 Å². The van der Waals surface area contributed by atoms with Gasteiger partial charge in [0.05, 0.1) is 22.6 Å². The smallest absolute Gasteiger partial charge is 0.220 e. The lowest BCUT2D eigenvalue weighted by Crippen LogP contribution is -2.23. The minimum absolute atomic E-state index is 0.0620. The number of anilines is 1. The normalized spacial score (nSPS) is 16.5. The molecule has 1 aromatic carbocycles. The van der Waals surface area contributed by atoms with Crippen LogP contribution in [-0.4, -0.2) is 20.7 Å². The molecule has 0 spiro atoms. The van der Waals surface area contributed by atoms with Crippen molar-refractivity contribution in [1.82, 2.24) is 15.0 Å². The van der Waals surface area contributed by atoms with E-state index in [9.17, 15) is 4.79 Å². The summed E-state index contributed by atoms with van der Waals surface area (Å²) < 4.78 is 0. The van der Waals surface area contributed by atoms with Gasteiger partial charge in [0.2, 0.25) is 5.95 Å². The third-order valence-corrected chi connectivity index (χ3v) is 4.67. The lowest BCUT2D eigenvalue weighted by molar-refractivity contribution is 0.0962. The summed E-state index contributed by atoms with van der Waals surface area (Å²) >= 11 is 0. The van der Waals surface area contributed by atoms with E-state index in [-0.39, 0.29) is 17.6 Å². The van der Waals surface area contributed by atoms with E-state index in [0.717, 1.165) is 22.5 Å². The van der Waals surface area contributed by atoms with E-state index >= 15 is 0 Å². The minimum atomic E-state index is 0.0620. The summed E-state index contributed by atoms with van der Waals surface area (Å²) in [7, 11) is 0. The van der Waals surface area contributed by atoms with Crippen molar-refractivity contribution in [3.05, 3.63) is 71.2 Å². The Bertz CT molecular complexity index is 953. The van der Waals surface area contributed by atoms with Gasteiger partial charge in [-0.3, -0.25) is 9.78 Å². The van der Waals surface area contributed by atoms with Crippen molar-refractivity contribution < 1.29 is 4.79 Å². The molecule has 0 saturated heterocycles. The monoisotopic (exact) mass is 330 g/mol. The van der Waals surface area contributed by atoms with E-state index in [4.69, 9.17) is 5.73 Å². The number of nitrogen functional groups attached to an aromatic ring is 1. The molecule has 5 heteroatoms. The SMILES string of the molecule is Cc1nc(N)nc2c1C(=O)CC(c1ccccc1-c1ccccn1)C2.